The fourth-order valence-electron chi connectivity index (χ4n) is 3.05. The van der Waals surface area contributed by atoms with E-state index >= 15 is 0 Å². The smallest absolute Gasteiger partial charge is 0.141 e. The van der Waals surface area contributed by atoms with E-state index in [0.29, 0.717) is 33.7 Å². The van der Waals surface area contributed by atoms with E-state index in [1.54, 1.807) is 37.2 Å². The molecule has 0 radical (unpaired) electrons. The summed E-state index contributed by atoms with van der Waals surface area (Å²) in [6, 6.07) is 11.5. The number of hydrogen-bond donors (Lipinski definition) is 0. The third-order valence-electron chi connectivity index (χ3n) is 4.25. The van der Waals surface area contributed by atoms with Crippen LogP contribution in [0, 0.1) is 11.6 Å². The van der Waals surface area contributed by atoms with Crippen LogP contribution in [0.2, 0.25) is 0 Å². The van der Waals surface area contributed by atoms with Crippen molar-refractivity contribution in [3.8, 4) is 28.3 Å². The summed E-state index contributed by atoms with van der Waals surface area (Å²) in [7, 11) is 3.32. The molecule has 2 aromatic heterocycles. The number of hydrogen-bond acceptors (Lipinski definition) is 3. The molecule has 0 aliphatic rings. The van der Waals surface area contributed by atoms with Crippen LogP contribution in [0.25, 0.3) is 33.3 Å². The number of pyridine rings is 1. The van der Waals surface area contributed by atoms with Gasteiger partial charge in [-0.2, -0.15) is 5.10 Å². The number of aryl methyl sites for hydroxylation is 1. The van der Waals surface area contributed by atoms with Crippen molar-refractivity contribution in [2.75, 3.05) is 7.11 Å². The predicted molar refractivity (Wildman–Crippen MR) is 95.8 cm³/mol. The van der Waals surface area contributed by atoms with Gasteiger partial charge in [0.25, 0.3) is 0 Å². The molecule has 0 saturated heterocycles. The molecule has 0 spiro atoms. The average Bonchev–Trinajstić information content (AvgIpc) is 3.03. The Kier molecular flexibility index (Phi) is 3.88. The van der Waals surface area contributed by atoms with Gasteiger partial charge in [0.2, 0.25) is 0 Å². The van der Waals surface area contributed by atoms with Crippen LogP contribution < -0.4 is 4.74 Å². The minimum absolute atomic E-state index is 0.373. The van der Waals surface area contributed by atoms with Crippen LogP contribution in [-0.4, -0.2) is 21.9 Å². The fraction of sp³-hybridized carbons (Fsp3) is 0.100. The first-order valence-corrected chi connectivity index (χ1v) is 7.99. The van der Waals surface area contributed by atoms with Gasteiger partial charge in [0, 0.05) is 24.4 Å². The lowest BCUT2D eigenvalue weighted by molar-refractivity contribution is 0.415. The van der Waals surface area contributed by atoms with Gasteiger partial charge in [0.15, 0.2) is 0 Å². The van der Waals surface area contributed by atoms with Crippen molar-refractivity contribution in [3.05, 3.63) is 66.5 Å². The van der Waals surface area contributed by atoms with Gasteiger partial charge in [0.05, 0.1) is 19.0 Å². The normalized spacial score (nSPS) is 11.1. The molecule has 4 rings (SSSR count). The summed E-state index contributed by atoms with van der Waals surface area (Å²) in [5, 5.41) is 6.00. The number of benzene rings is 2. The van der Waals surface area contributed by atoms with Gasteiger partial charge in [-0.3, -0.25) is 9.67 Å². The fourth-order valence-corrected chi connectivity index (χ4v) is 3.05. The molecule has 0 unspecified atom stereocenters. The molecular weight excluding hydrogens is 336 g/mol. The van der Waals surface area contributed by atoms with Gasteiger partial charge >= 0.3 is 0 Å². The highest BCUT2D eigenvalue weighted by Gasteiger charge is 2.19. The second kappa shape index (κ2) is 6.22. The van der Waals surface area contributed by atoms with E-state index in [0.717, 1.165) is 11.6 Å². The van der Waals surface area contributed by atoms with Gasteiger partial charge in [-0.25, -0.2) is 8.78 Å². The summed E-state index contributed by atoms with van der Waals surface area (Å²) in [6.45, 7) is 0. The lowest BCUT2D eigenvalue weighted by Gasteiger charge is -2.10. The summed E-state index contributed by atoms with van der Waals surface area (Å²) in [6.07, 6.45) is 2.86. The zero-order chi connectivity index (χ0) is 18.3. The van der Waals surface area contributed by atoms with Crippen molar-refractivity contribution in [2.24, 2.45) is 7.05 Å². The monoisotopic (exact) mass is 351 g/mol. The van der Waals surface area contributed by atoms with E-state index in [4.69, 9.17) is 4.74 Å². The largest absolute Gasteiger partial charge is 0.497 e. The number of rotatable bonds is 3. The minimum atomic E-state index is -0.438. The Balaban J connectivity index is 2.02. The molecule has 0 N–H and O–H groups in total. The van der Waals surface area contributed by atoms with Gasteiger partial charge in [-0.05, 0) is 41.1 Å². The minimum Gasteiger partial charge on any atom is -0.497 e. The first-order chi connectivity index (χ1) is 12.6. The summed E-state index contributed by atoms with van der Waals surface area (Å²) in [4.78, 5) is 4.09. The molecule has 4 aromatic rings. The van der Waals surface area contributed by atoms with E-state index in [2.05, 4.69) is 10.1 Å². The van der Waals surface area contributed by atoms with Gasteiger partial charge in [-0.15, -0.1) is 0 Å². The number of nitrogens with zero attached hydrogens (tertiary/aromatic N) is 3. The molecule has 0 saturated carbocycles. The maximum absolute atomic E-state index is 14.9. The van der Waals surface area contributed by atoms with Crippen LogP contribution in [0.1, 0.15) is 0 Å². The van der Waals surface area contributed by atoms with Gasteiger partial charge in [-0.1, -0.05) is 12.1 Å². The maximum atomic E-state index is 14.9. The molecule has 0 bridgehead atoms. The molecule has 0 amide bonds. The summed E-state index contributed by atoms with van der Waals surface area (Å²) < 4.78 is 35.0. The number of methoxy groups -OCH3 is 1. The Bertz CT molecular complexity index is 1100. The van der Waals surface area contributed by atoms with E-state index in [9.17, 15) is 8.78 Å². The van der Waals surface area contributed by atoms with Crippen LogP contribution in [0.15, 0.2) is 54.9 Å². The Hall–Kier alpha value is -3.28. The lowest BCUT2D eigenvalue weighted by atomic mass is 9.97. The molecule has 0 aliphatic heterocycles. The number of aromatic nitrogens is 3. The van der Waals surface area contributed by atoms with E-state index in [-0.39, 0.29) is 5.82 Å². The van der Waals surface area contributed by atoms with E-state index in [1.165, 1.54) is 18.2 Å². The molecule has 6 heteroatoms. The van der Waals surface area contributed by atoms with Crippen molar-refractivity contribution in [2.45, 2.75) is 0 Å². The summed E-state index contributed by atoms with van der Waals surface area (Å²) in [5.74, 6) is -0.177. The quantitative estimate of drug-likeness (QED) is 0.542. The number of fused-ring (bicyclic) bond motifs is 1. The van der Waals surface area contributed by atoms with Crippen molar-refractivity contribution >= 4 is 10.8 Å². The van der Waals surface area contributed by atoms with Gasteiger partial charge in [0.1, 0.15) is 23.1 Å². The average molecular weight is 351 g/mol. The predicted octanol–water partition coefficient (Wildman–Crippen LogP) is 4.59. The highest BCUT2D eigenvalue weighted by atomic mass is 19.1. The number of halogens is 2. The van der Waals surface area contributed by atoms with Crippen LogP contribution in [0.4, 0.5) is 8.78 Å². The standard InChI is InChI=1S/C20H15F2N3O/c1-25-11-16(20(24-25)18-8-5-13(21)10-23-18)19-15-9-14(26-2)6-3-12(15)4-7-17(19)22/h3-11H,1-2H3. The van der Waals surface area contributed by atoms with Crippen molar-refractivity contribution in [3.63, 3.8) is 0 Å². The van der Waals surface area contributed by atoms with Crippen molar-refractivity contribution in [1.29, 1.82) is 0 Å². The Morgan fingerprint density at radius 1 is 1.04 bits per heavy atom. The van der Waals surface area contributed by atoms with E-state index in [1.807, 2.05) is 12.1 Å². The highest BCUT2D eigenvalue weighted by Crippen LogP contribution is 2.38. The lowest BCUT2D eigenvalue weighted by Crippen LogP contribution is -1.92. The first-order valence-electron chi connectivity index (χ1n) is 7.99. The van der Waals surface area contributed by atoms with Crippen LogP contribution >= 0.6 is 0 Å². The Morgan fingerprint density at radius 2 is 1.85 bits per heavy atom. The third-order valence-corrected chi connectivity index (χ3v) is 4.25. The molecule has 0 aliphatic carbocycles. The SMILES string of the molecule is COc1ccc2ccc(F)c(-c3cn(C)nc3-c3ccc(F)cn3)c2c1. The summed E-state index contributed by atoms with van der Waals surface area (Å²) in [5.41, 5.74) is 1.96. The van der Waals surface area contributed by atoms with Crippen molar-refractivity contribution < 1.29 is 13.5 Å². The van der Waals surface area contributed by atoms with Crippen LogP contribution in [0.5, 0.6) is 5.75 Å². The topological polar surface area (TPSA) is 39.9 Å². The number of ether oxygens (including phenoxy) is 1. The van der Waals surface area contributed by atoms with Crippen LogP contribution in [-0.2, 0) is 7.05 Å². The van der Waals surface area contributed by atoms with E-state index < -0.39 is 5.82 Å². The molecule has 130 valence electrons. The maximum Gasteiger partial charge on any atom is 0.141 e. The molecule has 26 heavy (non-hydrogen) atoms. The molecule has 2 aromatic carbocycles. The third kappa shape index (κ3) is 2.69. The Morgan fingerprint density at radius 3 is 2.58 bits per heavy atom. The van der Waals surface area contributed by atoms with Crippen molar-refractivity contribution in [1.82, 2.24) is 14.8 Å². The molecule has 4 nitrogen and oxygen atoms in total. The second-order valence-corrected chi connectivity index (χ2v) is 5.94. The van der Waals surface area contributed by atoms with Crippen LogP contribution in [0.3, 0.4) is 0 Å². The Labute approximate surface area is 148 Å². The molecule has 0 fully saturated rings. The molecule has 2 heterocycles. The van der Waals surface area contributed by atoms with Gasteiger partial charge < -0.3 is 4.74 Å². The summed E-state index contributed by atoms with van der Waals surface area (Å²) >= 11 is 0. The second-order valence-electron chi connectivity index (χ2n) is 5.94. The molecular formula is C20H15F2N3O. The zero-order valence-corrected chi connectivity index (χ0v) is 14.2. The zero-order valence-electron chi connectivity index (χ0n) is 14.2. The first kappa shape index (κ1) is 16.2. The molecule has 0 atom stereocenters. The highest BCUT2D eigenvalue weighted by molar-refractivity contribution is 6.00.